The Kier molecular flexibility index (Phi) is 15.8. The fourth-order valence-electron chi connectivity index (χ4n) is 8.68. The number of alkyl halides is 2. The van der Waals surface area contributed by atoms with E-state index in [2.05, 4.69) is 15.4 Å². The summed E-state index contributed by atoms with van der Waals surface area (Å²) >= 11 is 0. The number of carbonyl (C=O) groups is 8. The zero-order valence-electron chi connectivity index (χ0n) is 36.7. The van der Waals surface area contributed by atoms with E-state index in [1.165, 1.54) is 24.0 Å². The molecular weight excluding hydrogens is 823 g/mol. The Morgan fingerprint density at radius 3 is 1.67 bits per heavy atom. The molecule has 4 atom stereocenters. The van der Waals surface area contributed by atoms with Crippen LogP contribution in [0.15, 0.2) is 48.5 Å². The third kappa shape index (κ3) is 11.8. The monoisotopic (exact) mass is 880 g/mol. The van der Waals surface area contributed by atoms with Gasteiger partial charge in [0.15, 0.2) is 24.0 Å². The maximum atomic E-state index is 14.2. The maximum Gasteiger partial charge on any atom is 0.407 e. The van der Waals surface area contributed by atoms with Crippen LogP contribution in [0.2, 0.25) is 0 Å². The Morgan fingerprint density at radius 1 is 0.683 bits per heavy atom. The number of carbonyl (C=O) groups excluding carboxylic acids is 8. The van der Waals surface area contributed by atoms with Gasteiger partial charge in [-0.3, -0.25) is 24.0 Å². The second-order valence-corrected chi connectivity index (χ2v) is 17.5. The quantitative estimate of drug-likeness (QED) is 0.111. The van der Waals surface area contributed by atoms with E-state index in [9.17, 15) is 47.1 Å². The number of Topliss-reactive ketones (excluding diaryl/α,β-unsaturated/α-hetero) is 3. The number of alkyl carbamates (subject to hydrolysis) is 2. The fourth-order valence-corrected chi connectivity index (χ4v) is 8.68. The third-order valence-electron chi connectivity index (χ3n) is 12.5. The molecule has 0 aromatic heterocycles. The van der Waals surface area contributed by atoms with Crippen molar-refractivity contribution in [1.82, 2.24) is 20.4 Å². The number of hydrogen-bond donors (Lipinski definition) is 2. The van der Waals surface area contributed by atoms with Gasteiger partial charge >= 0.3 is 18.2 Å². The van der Waals surface area contributed by atoms with E-state index >= 15 is 0 Å². The molecule has 15 nitrogen and oxygen atoms in total. The van der Waals surface area contributed by atoms with Crippen LogP contribution in [-0.4, -0.2) is 121 Å². The molecule has 0 bridgehead atoms. The Balaban J connectivity index is 1.16. The predicted octanol–water partition coefficient (Wildman–Crippen LogP) is 6.16. The van der Waals surface area contributed by atoms with Crippen LogP contribution in [0, 0.1) is 17.3 Å². The first-order valence-corrected chi connectivity index (χ1v) is 21.4. The van der Waals surface area contributed by atoms with Gasteiger partial charge in [-0.1, -0.05) is 76.2 Å². The molecule has 2 saturated heterocycles. The molecule has 0 radical (unpaired) electrons. The molecular formula is C46H58F2N4O11. The van der Waals surface area contributed by atoms with E-state index in [1.807, 2.05) is 0 Å². The zero-order valence-corrected chi connectivity index (χ0v) is 36.7. The van der Waals surface area contributed by atoms with Crippen LogP contribution >= 0.6 is 0 Å². The minimum atomic E-state index is -2.81. The van der Waals surface area contributed by atoms with Gasteiger partial charge in [-0.25, -0.2) is 23.2 Å². The SMILES string of the molecule is COC(=O)N[C@H](C(=O)N1CC2(CCC(F)(F)CC2)C[C@H]1C(=O)CCC(=O)c1ccc(-c2ccc(C(=O)COC(=O)[C@@H]3CCCN3C(=O)[C@@H](NC(=O)OC)C(C)C)cc2)cc1)C(C)C. The number of hydrogen-bond acceptors (Lipinski definition) is 11. The first-order valence-electron chi connectivity index (χ1n) is 21.4. The van der Waals surface area contributed by atoms with Gasteiger partial charge in [-0.2, -0.15) is 0 Å². The van der Waals surface area contributed by atoms with Gasteiger partial charge in [-0.05, 0) is 60.5 Å². The molecule has 1 saturated carbocycles. The third-order valence-corrected chi connectivity index (χ3v) is 12.5. The topological polar surface area (TPSA) is 195 Å². The van der Waals surface area contributed by atoms with E-state index in [4.69, 9.17) is 9.47 Å². The van der Waals surface area contributed by atoms with Gasteiger partial charge < -0.3 is 34.6 Å². The van der Waals surface area contributed by atoms with Crippen molar-refractivity contribution in [3.8, 4) is 11.1 Å². The first-order chi connectivity index (χ1) is 29.8. The van der Waals surface area contributed by atoms with Crippen LogP contribution in [0.3, 0.4) is 0 Å². The van der Waals surface area contributed by atoms with Crippen molar-refractivity contribution < 1.29 is 61.3 Å². The number of rotatable bonds is 16. The molecule has 0 unspecified atom stereocenters. The molecule has 1 aliphatic carbocycles. The molecule has 2 aliphatic heterocycles. The molecule has 5 rings (SSSR count). The Bertz CT molecular complexity index is 2030. The summed E-state index contributed by atoms with van der Waals surface area (Å²) in [4.78, 5) is 107. The molecule has 63 heavy (non-hydrogen) atoms. The fraction of sp³-hybridized carbons (Fsp3) is 0.565. The second kappa shape index (κ2) is 20.6. The van der Waals surface area contributed by atoms with Crippen LogP contribution in [0.5, 0.6) is 0 Å². The summed E-state index contributed by atoms with van der Waals surface area (Å²) in [6.07, 6.45) is -1.18. The lowest BCUT2D eigenvalue weighted by atomic mass is 9.71. The molecule has 1 spiro atoms. The van der Waals surface area contributed by atoms with Gasteiger partial charge in [-0.15, -0.1) is 0 Å². The average Bonchev–Trinajstić information content (AvgIpc) is 3.92. The number of amides is 4. The lowest BCUT2D eigenvalue weighted by molar-refractivity contribution is -0.153. The standard InChI is InChI=1S/C46H58F2N4O11/c1-27(2)38(49-43(59)61-5)40(56)51-23-7-8-33(51)42(58)63-25-37(55)32-15-11-30(12-16-32)29-9-13-31(14-10-29)35(53)17-18-36(54)34-24-45(19-21-46(47,48)22-20-45)26-52(34)41(57)39(28(3)4)50-44(60)62-6/h9-16,27-28,33-34,38-39H,7-8,17-26H2,1-6H3,(H,49,59)(H,50,60)/t33-,34-,38-,39-/m0/s1. The molecule has 342 valence electrons. The number of methoxy groups -OCH3 is 2. The minimum absolute atomic E-state index is 0.101. The summed E-state index contributed by atoms with van der Waals surface area (Å²) < 4.78 is 43.1. The van der Waals surface area contributed by atoms with Crippen LogP contribution in [0.4, 0.5) is 18.4 Å². The molecule has 17 heteroatoms. The molecule has 4 amide bonds. The number of ketones is 3. The van der Waals surface area contributed by atoms with Crippen molar-refractivity contribution in [1.29, 1.82) is 0 Å². The minimum Gasteiger partial charge on any atom is -0.456 e. The lowest BCUT2D eigenvalue weighted by Crippen LogP contribution is -2.54. The molecule has 3 fully saturated rings. The van der Waals surface area contributed by atoms with Crippen molar-refractivity contribution in [3.63, 3.8) is 0 Å². The number of esters is 1. The highest BCUT2D eigenvalue weighted by Gasteiger charge is 2.53. The van der Waals surface area contributed by atoms with Crippen LogP contribution in [-0.2, 0) is 33.4 Å². The van der Waals surface area contributed by atoms with Crippen LogP contribution < -0.4 is 10.6 Å². The second-order valence-electron chi connectivity index (χ2n) is 17.5. The van der Waals surface area contributed by atoms with E-state index in [0.29, 0.717) is 30.5 Å². The van der Waals surface area contributed by atoms with Gasteiger partial charge in [0.2, 0.25) is 17.7 Å². The summed E-state index contributed by atoms with van der Waals surface area (Å²) in [6, 6.07) is 9.56. The van der Waals surface area contributed by atoms with Gasteiger partial charge in [0.05, 0.1) is 20.3 Å². The maximum absolute atomic E-state index is 14.2. The normalized spacial score (nSPS) is 19.9. The smallest absolute Gasteiger partial charge is 0.407 e. The molecule has 2 N–H and O–H groups in total. The highest BCUT2D eigenvalue weighted by Crippen LogP contribution is 2.51. The summed E-state index contributed by atoms with van der Waals surface area (Å²) in [5, 5.41) is 5.06. The van der Waals surface area contributed by atoms with E-state index in [1.54, 1.807) is 76.2 Å². The number of likely N-dealkylation sites (tertiary alicyclic amines) is 2. The Morgan fingerprint density at radius 2 is 1.17 bits per heavy atom. The summed E-state index contributed by atoms with van der Waals surface area (Å²) in [6.45, 7) is 6.85. The lowest BCUT2D eigenvalue weighted by Gasteiger charge is -2.37. The number of nitrogens with zero attached hydrogens (tertiary/aromatic N) is 2. The van der Waals surface area contributed by atoms with Crippen molar-refractivity contribution in [2.75, 3.05) is 33.9 Å². The first kappa shape index (κ1) is 48.3. The van der Waals surface area contributed by atoms with Crippen LogP contribution in [0.25, 0.3) is 11.1 Å². The molecule has 2 aromatic carbocycles. The molecule has 2 aromatic rings. The van der Waals surface area contributed by atoms with Crippen molar-refractivity contribution in [2.24, 2.45) is 17.3 Å². The highest BCUT2D eigenvalue weighted by atomic mass is 19.3. The van der Waals surface area contributed by atoms with E-state index in [0.717, 1.165) is 11.1 Å². The average molecular weight is 881 g/mol. The van der Waals surface area contributed by atoms with Crippen LogP contribution in [0.1, 0.15) is 106 Å². The van der Waals surface area contributed by atoms with E-state index in [-0.39, 0.29) is 74.9 Å². The number of benzene rings is 2. The number of ether oxygens (including phenoxy) is 3. The van der Waals surface area contributed by atoms with Crippen molar-refractivity contribution >= 4 is 47.3 Å². The zero-order chi connectivity index (χ0) is 46.2. The van der Waals surface area contributed by atoms with Crippen molar-refractivity contribution in [3.05, 3.63) is 59.7 Å². The Labute approximate surface area is 365 Å². The van der Waals surface area contributed by atoms with E-state index < -0.39 is 77.9 Å². The van der Waals surface area contributed by atoms with Crippen molar-refractivity contribution in [2.45, 2.75) is 116 Å². The molecule has 2 heterocycles. The van der Waals surface area contributed by atoms with Gasteiger partial charge in [0.25, 0.3) is 0 Å². The summed E-state index contributed by atoms with van der Waals surface area (Å²) in [5.41, 5.74) is 1.45. The van der Waals surface area contributed by atoms with Gasteiger partial charge in [0, 0.05) is 49.9 Å². The number of nitrogens with one attached hydrogen (secondary N) is 2. The van der Waals surface area contributed by atoms with Gasteiger partial charge in [0.1, 0.15) is 18.1 Å². The Hall–Kier alpha value is -5.74. The number of halogens is 2. The summed E-state index contributed by atoms with van der Waals surface area (Å²) in [5.74, 6) is -6.21. The predicted molar refractivity (Wildman–Crippen MR) is 225 cm³/mol. The summed E-state index contributed by atoms with van der Waals surface area (Å²) in [7, 11) is 2.36. The largest absolute Gasteiger partial charge is 0.456 e. The molecule has 3 aliphatic rings. The highest BCUT2D eigenvalue weighted by molar-refractivity contribution is 6.01.